The van der Waals surface area contributed by atoms with Crippen LogP contribution in [0, 0.1) is 5.82 Å². The van der Waals surface area contributed by atoms with E-state index >= 15 is 0 Å². The minimum Gasteiger partial charge on any atom is -0.399 e. The second-order valence-corrected chi connectivity index (χ2v) is 5.37. The third-order valence-electron chi connectivity index (χ3n) is 3.01. The monoisotopic (exact) mass is 326 g/mol. The van der Waals surface area contributed by atoms with Crippen molar-refractivity contribution in [2.45, 2.75) is 13.0 Å². The fourth-order valence-electron chi connectivity index (χ4n) is 1.95. The maximum absolute atomic E-state index is 13.7. The largest absolute Gasteiger partial charge is 0.399 e. The van der Waals surface area contributed by atoms with E-state index in [0.29, 0.717) is 11.3 Å². The number of carbonyl (C=O) groups excluding carboxylic acids is 1. The lowest BCUT2D eigenvalue weighted by Crippen LogP contribution is -2.27. The number of amides is 1. The molecule has 0 saturated heterocycles. The van der Waals surface area contributed by atoms with Gasteiger partial charge in [-0.05, 0) is 25.1 Å². The molecular weight excluding hydrogens is 314 g/mol. The number of halogens is 3. The van der Waals surface area contributed by atoms with Crippen LogP contribution >= 0.6 is 23.2 Å². The number of nitrogen functional groups attached to an aromatic ring is 1. The van der Waals surface area contributed by atoms with Gasteiger partial charge in [0, 0.05) is 11.3 Å². The van der Waals surface area contributed by atoms with Crippen LogP contribution in [0.3, 0.4) is 0 Å². The molecule has 110 valence electrons. The van der Waals surface area contributed by atoms with Gasteiger partial charge >= 0.3 is 0 Å². The molecule has 3 nitrogen and oxygen atoms in total. The Morgan fingerprint density at radius 2 is 1.95 bits per heavy atom. The summed E-state index contributed by atoms with van der Waals surface area (Å²) in [6, 6.07) is 8.60. The highest BCUT2D eigenvalue weighted by molar-refractivity contribution is 6.44. The predicted molar refractivity (Wildman–Crippen MR) is 83.2 cm³/mol. The van der Waals surface area contributed by atoms with Gasteiger partial charge in [0.1, 0.15) is 5.82 Å². The van der Waals surface area contributed by atoms with E-state index in [0.717, 1.165) is 0 Å². The molecule has 0 radical (unpaired) electrons. The lowest BCUT2D eigenvalue weighted by atomic mass is 10.1. The number of hydrogen-bond acceptors (Lipinski definition) is 2. The molecule has 0 aromatic heterocycles. The molecule has 1 amide bonds. The van der Waals surface area contributed by atoms with Crippen LogP contribution in [-0.4, -0.2) is 5.91 Å². The van der Waals surface area contributed by atoms with Gasteiger partial charge in [-0.15, -0.1) is 0 Å². The van der Waals surface area contributed by atoms with Crippen LogP contribution in [0.15, 0.2) is 36.4 Å². The molecular formula is C15H13Cl2FN2O. The number of carbonyl (C=O) groups is 1. The van der Waals surface area contributed by atoms with Crippen molar-refractivity contribution in [2.24, 2.45) is 0 Å². The van der Waals surface area contributed by atoms with E-state index in [-0.39, 0.29) is 21.4 Å². The standard InChI is InChI=1S/C15H13Cl2FN2O/c1-8(10-4-2-3-5-13(10)18)20-15(21)11-6-9(19)7-12(16)14(11)17/h2-8H,19H2,1H3,(H,20,21). The van der Waals surface area contributed by atoms with Gasteiger partial charge in [0.2, 0.25) is 0 Å². The molecule has 6 heteroatoms. The number of rotatable bonds is 3. The normalized spacial score (nSPS) is 12.0. The lowest BCUT2D eigenvalue weighted by molar-refractivity contribution is 0.0939. The van der Waals surface area contributed by atoms with E-state index < -0.39 is 11.9 Å². The Morgan fingerprint density at radius 1 is 1.29 bits per heavy atom. The molecule has 0 heterocycles. The molecule has 1 atom stereocenters. The third kappa shape index (κ3) is 3.46. The first-order chi connectivity index (χ1) is 9.90. The van der Waals surface area contributed by atoms with Gasteiger partial charge in [-0.1, -0.05) is 41.4 Å². The van der Waals surface area contributed by atoms with E-state index in [1.165, 1.54) is 18.2 Å². The lowest BCUT2D eigenvalue weighted by Gasteiger charge is -2.16. The molecule has 0 bridgehead atoms. The molecule has 0 aliphatic heterocycles. The summed E-state index contributed by atoms with van der Waals surface area (Å²) in [5, 5.41) is 2.98. The first kappa shape index (κ1) is 15.6. The summed E-state index contributed by atoms with van der Waals surface area (Å²) >= 11 is 11.9. The zero-order valence-electron chi connectivity index (χ0n) is 11.2. The van der Waals surface area contributed by atoms with E-state index in [2.05, 4.69) is 5.32 Å². The zero-order chi connectivity index (χ0) is 15.6. The highest BCUT2D eigenvalue weighted by atomic mass is 35.5. The van der Waals surface area contributed by atoms with E-state index in [9.17, 15) is 9.18 Å². The Morgan fingerprint density at radius 3 is 2.62 bits per heavy atom. The fourth-order valence-corrected chi connectivity index (χ4v) is 2.38. The molecule has 0 fully saturated rings. The average molecular weight is 327 g/mol. The first-order valence-electron chi connectivity index (χ1n) is 6.20. The van der Waals surface area contributed by atoms with Crippen LogP contribution in [0.2, 0.25) is 10.0 Å². The SMILES string of the molecule is CC(NC(=O)c1cc(N)cc(Cl)c1Cl)c1ccccc1F. The fraction of sp³-hybridized carbons (Fsp3) is 0.133. The van der Waals surface area contributed by atoms with Gasteiger partial charge < -0.3 is 11.1 Å². The second-order valence-electron chi connectivity index (χ2n) is 4.58. The quantitative estimate of drug-likeness (QED) is 0.830. The predicted octanol–water partition coefficient (Wildman–Crippen LogP) is 4.21. The Labute approximate surface area is 131 Å². The van der Waals surface area contributed by atoms with Crippen LogP contribution in [-0.2, 0) is 0 Å². The van der Waals surface area contributed by atoms with Gasteiger partial charge in [0.15, 0.2) is 0 Å². The Balaban J connectivity index is 2.25. The molecule has 0 aliphatic carbocycles. The first-order valence-corrected chi connectivity index (χ1v) is 6.95. The maximum Gasteiger partial charge on any atom is 0.253 e. The van der Waals surface area contributed by atoms with Crippen LogP contribution in [0.25, 0.3) is 0 Å². The van der Waals surface area contributed by atoms with Crippen LogP contribution < -0.4 is 11.1 Å². The number of anilines is 1. The van der Waals surface area contributed by atoms with Crippen LogP contribution in [0.4, 0.5) is 10.1 Å². The summed E-state index contributed by atoms with van der Waals surface area (Å²) in [6.07, 6.45) is 0. The van der Waals surface area contributed by atoms with Crippen molar-refractivity contribution < 1.29 is 9.18 Å². The zero-order valence-corrected chi connectivity index (χ0v) is 12.7. The molecule has 0 saturated carbocycles. The highest BCUT2D eigenvalue weighted by Gasteiger charge is 2.18. The number of nitrogens with two attached hydrogens (primary N) is 1. The molecule has 2 aromatic rings. The van der Waals surface area contributed by atoms with Crippen LogP contribution in [0.1, 0.15) is 28.9 Å². The van der Waals surface area contributed by atoms with E-state index in [1.54, 1.807) is 25.1 Å². The van der Waals surface area contributed by atoms with Crippen LogP contribution in [0.5, 0.6) is 0 Å². The van der Waals surface area contributed by atoms with Crippen molar-refractivity contribution in [1.29, 1.82) is 0 Å². The maximum atomic E-state index is 13.7. The minimum atomic E-state index is -0.519. The molecule has 21 heavy (non-hydrogen) atoms. The Kier molecular flexibility index (Phi) is 4.70. The smallest absolute Gasteiger partial charge is 0.253 e. The van der Waals surface area contributed by atoms with E-state index in [1.807, 2.05) is 0 Å². The number of hydrogen-bond donors (Lipinski definition) is 2. The van der Waals surface area contributed by atoms with Crippen molar-refractivity contribution in [3.63, 3.8) is 0 Å². The van der Waals surface area contributed by atoms with Gasteiger partial charge in [-0.3, -0.25) is 4.79 Å². The minimum absolute atomic E-state index is 0.115. The Bertz CT molecular complexity index is 691. The number of nitrogens with one attached hydrogen (secondary N) is 1. The van der Waals surface area contributed by atoms with Gasteiger partial charge in [0.25, 0.3) is 5.91 Å². The molecule has 0 spiro atoms. The molecule has 1 unspecified atom stereocenters. The summed E-state index contributed by atoms with van der Waals surface area (Å²) in [6.45, 7) is 1.68. The summed E-state index contributed by atoms with van der Waals surface area (Å²) in [5.41, 5.74) is 6.52. The third-order valence-corrected chi connectivity index (χ3v) is 3.82. The average Bonchev–Trinajstić information content (AvgIpc) is 2.43. The Hall–Kier alpha value is -1.78. The van der Waals surface area contributed by atoms with Gasteiger partial charge in [-0.25, -0.2) is 4.39 Å². The van der Waals surface area contributed by atoms with Crippen molar-refractivity contribution in [1.82, 2.24) is 5.32 Å². The van der Waals surface area contributed by atoms with Gasteiger partial charge in [0.05, 0.1) is 21.7 Å². The summed E-state index contributed by atoms with van der Waals surface area (Å²) < 4.78 is 13.7. The summed E-state index contributed by atoms with van der Waals surface area (Å²) in [7, 11) is 0. The molecule has 2 aromatic carbocycles. The molecule has 3 N–H and O–H groups in total. The molecule has 0 aliphatic rings. The number of benzene rings is 2. The van der Waals surface area contributed by atoms with Gasteiger partial charge in [-0.2, -0.15) is 0 Å². The highest BCUT2D eigenvalue weighted by Crippen LogP contribution is 2.29. The van der Waals surface area contributed by atoms with Crippen molar-refractivity contribution in [2.75, 3.05) is 5.73 Å². The topological polar surface area (TPSA) is 55.1 Å². The van der Waals surface area contributed by atoms with E-state index in [4.69, 9.17) is 28.9 Å². The molecule has 2 rings (SSSR count). The van der Waals surface area contributed by atoms with Crippen molar-refractivity contribution in [3.8, 4) is 0 Å². The van der Waals surface area contributed by atoms with Crippen molar-refractivity contribution in [3.05, 3.63) is 63.4 Å². The van der Waals surface area contributed by atoms with Crippen molar-refractivity contribution >= 4 is 34.8 Å². The summed E-state index contributed by atoms with van der Waals surface area (Å²) in [4.78, 5) is 12.2. The summed E-state index contributed by atoms with van der Waals surface area (Å²) in [5.74, 6) is -0.855. The second kappa shape index (κ2) is 6.33.